The summed E-state index contributed by atoms with van der Waals surface area (Å²) in [5.41, 5.74) is 9.49. The lowest BCUT2D eigenvalue weighted by Gasteiger charge is -2.01. The fourth-order valence-electron chi connectivity index (χ4n) is 2.37. The fraction of sp³-hybridized carbons (Fsp3) is 0.118. The Bertz CT molecular complexity index is 798. The second-order valence-electron chi connectivity index (χ2n) is 4.98. The minimum Gasteiger partial charge on any atom is -0.461 e. The molecular weight excluding hydrogens is 250 g/mol. The molecule has 2 aromatic carbocycles. The van der Waals surface area contributed by atoms with E-state index in [2.05, 4.69) is 0 Å². The maximum atomic E-state index is 12.7. The Morgan fingerprint density at radius 2 is 1.75 bits per heavy atom. The maximum absolute atomic E-state index is 12.7. The zero-order chi connectivity index (χ0) is 14.3. The number of carbonyl (C=O) groups excluding carboxylic acids is 1. The summed E-state index contributed by atoms with van der Waals surface area (Å²) in [6.45, 7) is 3.80. The van der Waals surface area contributed by atoms with Gasteiger partial charge in [-0.05, 0) is 32.0 Å². The van der Waals surface area contributed by atoms with E-state index < -0.39 is 0 Å². The lowest BCUT2D eigenvalue weighted by atomic mass is 9.99. The van der Waals surface area contributed by atoms with Gasteiger partial charge in [-0.15, -0.1) is 0 Å². The minimum absolute atomic E-state index is 0.0353. The molecular formula is C17H15NO2. The quantitative estimate of drug-likeness (QED) is 0.565. The summed E-state index contributed by atoms with van der Waals surface area (Å²) in [6.07, 6.45) is 0. The Morgan fingerprint density at radius 3 is 2.45 bits per heavy atom. The molecule has 0 saturated carbocycles. The van der Waals surface area contributed by atoms with Gasteiger partial charge < -0.3 is 10.2 Å². The van der Waals surface area contributed by atoms with Crippen LogP contribution in [0, 0.1) is 13.8 Å². The van der Waals surface area contributed by atoms with Gasteiger partial charge in [0, 0.05) is 16.6 Å². The third-order valence-electron chi connectivity index (χ3n) is 3.43. The van der Waals surface area contributed by atoms with Crippen LogP contribution in [0.5, 0.6) is 0 Å². The van der Waals surface area contributed by atoms with E-state index in [1.807, 2.05) is 31.2 Å². The molecule has 100 valence electrons. The zero-order valence-corrected chi connectivity index (χ0v) is 11.4. The summed E-state index contributed by atoms with van der Waals surface area (Å²) in [4.78, 5) is 12.7. The number of carbonyl (C=O) groups is 1. The van der Waals surface area contributed by atoms with Gasteiger partial charge >= 0.3 is 0 Å². The summed E-state index contributed by atoms with van der Waals surface area (Å²) in [5, 5.41) is 0.771. The third-order valence-corrected chi connectivity index (χ3v) is 3.43. The van der Waals surface area contributed by atoms with Gasteiger partial charge in [-0.3, -0.25) is 4.79 Å². The summed E-state index contributed by atoms with van der Waals surface area (Å²) < 4.78 is 5.64. The Balaban J connectivity index is 2.18. The summed E-state index contributed by atoms with van der Waals surface area (Å²) in [6, 6.07) is 12.9. The summed E-state index contributed by atoms with van der Waals surface area (Å²) in [7, 11) is 0. The van der Waals surface area contributed by atoms with Crippen LogP contribution in [0.1, 0.15) is 27.2 Å². The molecule has 0 atom stereocenters. The van der Waals surface area contributed by atoms with Crippen molar-refractivity contribution < 1.29 is 9.21 Å². The number of fused-ring (bicyclic) bond motifs is 1. The average molecular weight is 265 g/mol. The Kier molecular flexibility index (Phi) is 2.83. The normalized spacial score (nSPS) is 10.9. The average Bonchev–Trinajstić information content (AvgIpc) is 2.74. The highest BCUT2D eigenvalue weighted by atomic mass is 16.3. The van der Waals surface area contributed by atoms with Crippen molar-refractivity contribution in [3.05, 3.63) is 64.9 Å². The second-order valence-corrected chi connectivity index (χ2v) is 4.98. The lowest BCUT2D eigenvalue weighted by Crippen LogP contribution is -2.02. The highest BCUT2D eigenvalue weighted by Crippen LogP contribution is 2.29. The van der Waals surface area contributed by atoms with E-state index in [1.54, 1.807) is 25.1 Å². The Labute approximate surface area is 117 Å². The summed E-state index contributed by atoms with van der Waals surface area (Å²) in [5.74, 6) is 0.586. The molecule has 0 fully saturated rings. The molecule has 0 aliphatic rings. The van der Waals surface area contributed by atoms with Crippen LogP contribution in [-0.4, -0.2) is 5.78 Å². The van der Waals surface area contributed by atoms with Gasteiger partial charge in [0.1, 0.15) is 11.3 Å². The number of furan rings is 1. The maximum Gasteiger partial charge on any atom is 0.197 e. The zero-order valence-electron chi connectivity index (χ0n) is 11.4. The minimum atomic E-state index is -0.0353. The SMILES string of the molecule is Cc1ccc(C(=O)c2c(C)oc3ccc(N)cc23)cc1. The van der Waals surface area contributed by atoms with E-state index >= 15 is 0 Å². The molecule has 0 unspecified atom stereocenters. The molecule has 0 bridgehead atoms. The molecule has 3 nitrogen and oxygen atoms in total. The van der Waals surface area contributed by atoms with Crippen molar-refractivity contribution in [3.63, 3.8) is 0 Å². The molecule has 3 heteroatoms. The molecule has 3 rings (SSSR count). The van der Waals surface area contributed by atoms with Crippen LogP contribution in [0.25, 0.3) is 11.0 Å². The van der Waals surface area contributed by atoms with Gasteiger partial charge in [0.05, 0.1) is 5.56 Å². The van der Waals surface area contributed by atoms with Crippen molar-refractivity contribution in [1.82, 2.24) is 0 Å². The highest BCUT2D eigenvalue weighted by molar-refractivity contribution is 6.17. The number of hydrogen-bond acceptors (Lipinski definition) is 3. The predicted octanol–water partition coefficient (Wildman–Crippen LogP) is 3.86. The molecule has 3 aromatic rings. The van der Waals surface area contributed by atoms with E-state index in [9.17, 15) is 4.79 Å². The Morgan fingerprint density at radius 1 is 1.05 bits per heavy atom. The first-order chi connectivity index (χ1) is 9.56. The van der Waals surface area contributed by atoms with Gasteiger partial charge in [0.15, 0.2) is 5.78 Å². The molecule has 0 amide bonds. The van der Waals surface area contributed by atoms with E-state index in [1.165, 1.54) is 0 Å². The second kappa shape index (κ2) is 4.53. The van der Waals surface area contributed by atoms with Gasteiger partial charge in [-0.2, -0.15) is 0 Å². The number of ketones is 1. The van der Waals surface area contributed by atoms with Crippen LogP contribution in [0.15, 0.2) is 46.9 Å². The number of benzene rings is 2. The monoisotopic (exact) mass is 265 g/mol. The number of aryl methyl sites for hydroxylation is 2. The number of hydrogen-bond donors (Lipinski definition) is 1. The number of nitrogens with two attached hydrogens (primary N) is 1. The molecule has 0 aliphatic heterocycles. The Hall–Kier alpha value is -2.55. The molecule has 1 heterocycles. The smallest absolute Gasteiger partial charge is 0.197 e. The van der Waals surface area contributed by atoms with Crippen LogP contribution in [0.4, 0.5) is 5.69 Å². The molecule has 2 N–H and O–H groups in total. The van der Waals surface area contributed by atoms with Gasteiger partial charge in [0.2, 0.25) is 0 Å². The molecule has 0 spiro atoms. The molecule has 1 aromatic heterocycles. The first kappa shape index (κ1) is 12.5. The molecule has 0 radical (unpaired) electrons. The van der Waals surface area contributed by atoms with Crippen molar-refractivity contribution >= 4 is 22.4 Å². The van der Waals surface area contributed by atoms with Crippen LogP contribution in [0.3, 0.4) is 0 Å². The topological polar surface area (TPSA) is 56.2 Å². The van der Waals surface area contributed by atoms with E-state index in [0.717, 1.165) is 10.9 Å². The number of anilines is 1. The van der Waals surface area contributed by atoms with Gasteiger partial charge in [0.25, 0.3) is 0 Å². The van der Waals surface area contributed by atoms with Crippen molar-refractivity contribution in [2.24, 2.45) is 0 Å². The number of nitrogen functional groups attached to an aromatic ring is 1. The van der Waals surface area contributed by atoms with Crippen LogP contribution >= 0.6 is 0 Å². The van der Waals surface area contributed by atoms with Crippen molar-refractivity contribution in [3.8, 4) is 0 Å². The van der Waals surface area contributed by atoms with Crippen molar-refractivity contribution in [2.75, 3.05) is 5.73 Å². The first-order valence-electron chi connectivity index (χ1n) is 6.46. The molecule has 20 heavy (non-hydrogen) atoms. The van der Waals surface area contributed by atoms with E-state index in [4.69, 9.17) is 10.2 Å². The van der Waals surface area contributed by atoms with Crippen molar-refractivity contribution in [2.45, 2.75) is 13.8 Å². The molecule has 0 aliphatic carbocycles. The highest BCUT2D eigenvalue weighted by Gasteiger charge is 2.19. The standard InChI is InChI=1S/C17H15NO2/c1-10-3-5-12(6-4-10)17(19)16-11(2)20-15-8-7-13(18)9-14(15)16/h3-9H,18H2,1-2H3. The first-order valence-corrected chi connectivity index (χ1v) is 6.46. The van der Waals surface area contributed by atoms with Crippen LogP contribution in [-0.2, 0) is 0 Å². The summed E-state index contributed by atoms with van der Waals surface area (Å²) >= 11 is 0. The predicted molar refractivity (Wildman–Crippen MR) is 80.0 cm³/mol. The third kappa shape index (κ3) is 1.97. The van der Waals surface area contributed by atoms with E-state index in [-0.39, 0.29) is 5.78 Å². The van der Waals surface area contributed by atoms with Crippen LogP contribution < -0.4 is 5.73 Å². The molecule has 0 saturated heterocycles. The van der Waals surface area contributed by atoms with Crippen LogP contribution in [0.2, 0.25) is 0 Å². The number of rotatable bonds is 2. The van der Waals surface area contributed by atoms with Crippen molar-refractivity contribution in [1.29, 1.82) is 0 Å². The largest absolute Gasteiger partial charge is 0.461 e. The lowest BCUT2D eigenvalue weighted by molar-refractivity contribution is 0.103. The van der Waals surface area contributed by atoms with Gasteiger partial charge in [-0.1, -0.05) is 29.8 Å². The van der Waals surface area contributed by atoms with Gasteiger partial charge in [-0.25, -0.2) is 0 Å². The van der Waals surface area contributed by atoms with E-state index in [0.29, 0.717) is 28.2 Å². The fourth-order valence-corrected chi connectivity index (χ4v) is 2.37.